The van der Waals surface area contributed by atoms with Crippen molar-refractivity contribution in [2.24, 2.45) is 0 Å². The molecule has 1 N–H and O–H groups in total. The lowest BCUT2D eigenvalue weighted by molar-refractivity contribution is 0.0257. The van der Waals surface area contributed by atoms with E-state index in [-0.39, 0.29) is 30.1 Å². The van der Waals surface area contributed by atoms with Crippen LogP contribution in [0.2, 0.25) is 5.02 Å². The maximum atomic E-state index is 13.0. The largest absolute Gasteiger partial charge is 0.478 e. The predicted octanol–water partition coefficient (Wildman–Crippen LogP) is 2.88. The van der Waals surface area contributed by atoms with E-state index in [4.69, 9.17) is 16.7 Å². The fourth-order valence-corrected chi connectivity index (χ4v) is 2.09. The van der Waals surface area contributed by atoms with Gasteiger partial charge in [-0.25, -0.2) is 13.6 Å². The molecule has 1 aliphatic rings. The third-order valence-corrected chi connectivity index (χ3v) is 3.03. The van der Waals surface area contributed by atoms with Gasteiger partial charge in [0, 0.05) is 18.7 Å². The summed E-state index contributed by atoms with van der Waals surface area (Å²) >= 11 is 5.78. The Labute approximate surface area is 102 Å². The lowest BCUT2D eigenvalue weighted by Crippen LogP contribution is -2.24. The summed E-state index contributed by atoms with van der Waals surface area (Å²) in [7, 11) is 0. The van der Waals surface area contributed by atoms with Crippen molar-refractivity contribution < 1.29 is 18.7 Å². The van der Waals surface area contributed by atoms with E-state index in [2.05, 4.69) is 0 Å². The van der Waals surface area contributed by atoms with Crippen LogP contribution in [0.15, 0.2) is 18.2 Å². The number of anilines is 1. The van der Waals surface area contributed by atoms with E-state index in [0.717, 1.165) is 0 Å². The Kier molecular flexibility index (Phi) is 2.95. The lowest BCUT2D eigenvalue weighted by atomic mass is 10.2. The molecule has 1 aliphatic heterocycles. The minimum absolute atomic E-state index is 0.0265. The molecule has 3 nitrogen and oxygen atoms in total. The third-order valence-electron chi connectivity index (χ3n) is 2.72. The minimum Gasteiger partial charge on any atom is -0.478 e. The molecule has 92 valence electrons. The first kappa shape index (κ1) is 12.1. The number of aromatic carboxylic acids is 1. The molecule has 0 aromatic heterocycles. The highest BCUT2D eigenvalue weighted by Crippen LogP contribution is 2.32. The molecular weight excluding hydrogens is 252 g/mol. The van der Waals surface area contributed by atoms with Crippen LogP contribution < -0.4 is 4.90 Å². The molecule has 0 atom stereocenters. The normalized spacial score (nSPS) is 18.4. The van der Waals surface area contributed by atoms with Crippen molar-refractivity contribution in [2.75, 3.05) is 18.0 Å². The smallest absolute Gasteiger partial charge is 0.337 e. The highest BCUT2D eigenvalue weighted by molar-refractivity contribution is 6.33. The Morgan fingerprint density at radius 1 is 1.47 bits per heavy atom. The zero-order valence-electron chi connectivity index (χ0n) is 8.79. The topological polar surface area (TPSA) is 40.5 Å². The van der Waals surface area contributed by atoms with Crippen LogP contribution in [0.4, 0.5) is 14.5 Å². The molecule has 17 heavy (non-hydrogen) atoms. The fourth-order valence-electron chi connectivity index (χ4n) is 1.83. The zero-order chi connectivity index (χ0) is 12.6. The Morgan fingerprint density at radius 2 is 2.18 bits per heavy atom. The van der Waals surface area contributed by atoms with Crippen LogP contribution in [0.3, 0.4) is 0 Å². The number of carboxylic acids is 1. The Morgan fingerprint density at radius 3 is 2.65 bits per heavy atom. The van der Waals surface area contributed by atoms with Crippen LogP contribution in [-0.2, 0) is 0 Å². The number of alkyl halides is 2. The molecule has 0 unspecified atom stereocenters. The van der Waals surface area contributed by atoms with Gasteiger partial charge in [0.1, 0.15) is 0 Å². The number of hydrogen-bond acceptors (Lipinski definition) is 2. The standard InChI is InChI=1S/C11H10ClF2NO2/c12-9-5-7(1-2-8(9)10(16)17)15-4-3-11(13,14)6-15/h1-2,5H,3-4,6H2,(H,16,17). The van der Waals surface area contributed by atoms with Crippen molar-refractivity contribution in [3.63, 3.8) is 0 Å². The van der Waals surface area contributed by atoms with E-state index in [1.807, 2.05) is 0 Å². The van der Waals surface area contributed by atoms with Crippen LogP contribution >= 0.6 is 11.6 Å². The molecule has 1 fully saturated rings. The number of rotatable bonds is 2. The van der Waals surface area contributed by atoms with Gasteiger partial charge in [0.15, 0.2) is 0 Å². The maximum Gasteiger partial charge on any atom is 0.337 e. The summed E-state index contributed by atoms with van der Waals surface area (Å²) in [4.78, 5) is 12.2. The first-order valence-corrected chi connectivity index (χ1v) is 5.42. The quantitative estimate of drug-likeness (QED) is 0.890. The number of hydrogen-bond donors (Lipinski definition) is 1. The van der Waals surface area contributed by atoms with Gasteiger partial charge in [-0.05, 0) is 18.2 Å². The number of nitrogens with zero attached hydrogens (tertiary/aromatic N) is 1. The summed E-state index contributed by atoms with van der Waals surface area (Å²) in [5.41, 5.74) is 0.499. The van der Waals surface area contributed by atoms with Gasteiger partial charge in [0.25, 0.3) is 5.92 Å². The van der Waals surface area contributed by atoms with Gasteiger partial charge in [-0.1, -0.05) is 11.6 Å². The van der Waals surface area contributed by atoms with E-state index in [1.54, 1.807) is 0 Å². The summed E-state index contributed by atoms with van der Waals surface area (Å²) in [6.07, 6.45) is -0.189. The van der Waals surface area contributed by atoms with E-state index in [9.17, 15) is 13.6 Å². The maximum absolute atomic E-state index is 13.0. The zero-order valence-corrected chi connectivity index (χ0v) is 9.55. The van der Waals surface area contributed by atoms with E-state index >= 15 is 0 Å². The van der Waals surface area contributed by atoms with Crippen LogP contribution in [0, 0.1) is 0 Å². The second-order valence-electron chi connectivity index (χ2n) is 4.00. The molecule has 1 saturated heterocycles. The van der Waals surface area contributed by atoms with Gasteiger partial charge >= 0.3 is 5.97 Å². The van der Waals surface area contributed by atoms with Crippen LogP contribution in [0.25, 0.3) is 0 Å². The molecule has 0 saturated carbocycles. The average Bonchev–Trinajstić information content (AvgIpc) is 2.58. The molecular formula is C11H10ClF2NO2. The molecule has 1 aromatic carbocycles. The first-order chi connectivity index (χ1) is 7.89. The van der Waals surface area contributed by atoms with Crippen molar-refractivity contribution in [3.05, 3.63) is 28.8 Å². The number of benzene rings is 1. The number of carboxylic acid groups (broad SMARTS) is 1. The monoisotopic (exact) mass is 261 g/mol. The van der Waals surface area contributed by atoms with Gasteiger partial charge in [-0.15, -0.1) is 0 Å². The molecule has 0 radical (unpaired) electrons. The third kappa shape index (κ3) is 2.49. The highest BCUT2D eigenvalue weighted by Gasteiger charge is 2.38. The summed E-state index contributed by atoms with van der Waals surface area (Å²) in [6, 6.07) is 4.24. The van der Waals surface area contributed by atoms with Gasteiger partial charge in [0.2, 0.25) is 0 Å². The van der Waals surface area contributed by atoms with E-state index in [1.165, 1.54) is 23.1 Å². The Balaban J connectivity index is 2.24. The lowest BCUT2D eigenvalue weighted by Gasteiger charge is -2.18. The second-order valence-corrected chi connectivity index (χ2v) is 4.40. The molecule has 0 spiro atoms. The van der Waals surface area contributed by atoms with Crippen LogP contribution in [0.1, 0.15) is 16.8 Å². The summed E-state index contributed by atoms with van der Waals surface area (Å²) in [5.74, 6) is -3.81. The van der Waals surface area contributed by atoms with Gasteiger partial charge in [0.05, 0.1) is 17.1 Å². The Hall–Kier alpha value is -1.36. The molecule has 1 heterocycles. The molecule has 2 rings (SSSR count). The Bertz CT molecular complexity index is 465. The van der Waals surface area contributed by atoms with Crippen molar-refractivity contribution in [1.29, 1.82) is 0 Å². The first-order valence-electron chi connectivity index (χ1n) is 5.05. The highest BCUT2D eigenvalue weighted by atomic mass is 35.5. The van der Waals surface area contributed by atoms with Crippen molar-refractivity contribution in [2.45, 2.75) is 12.3 Å². The van der Waals surface area contributed by atoms with Crippen molar-refractivity contribution in [3.8, 4) is 0 Å². The van der Waals surface area contributed by atoms with Crippen LogP contribution in [-0.4, -0.2) is 30.1 Å². The van der Waals surface area contributed by atoms with Gasteiger partial charge in [-0.3, -0.25) is 0 Å². The molecule has 6 heteroatoms. The summed E-state index contributed by atoms with van der Waals surface area (Å²) in [5, 5.41) is 8.85. The minimum atomic E-state index is -2.68. The summed E-state index contributed by atoms with van der Waals surface area (Å²) in [6.45, 7) is -0.106. The van der Waals surface area contributed by atoms with Crippen molar-refractivity contribution >= 4 is 23.3 Å². The fraction of sp³-hybridized carbons (Fsp3) is 0.364. The molecule has 1 aromatic rings. The number of halogens is 3. The molecule has 0 aliphatic carbocycles. The van der Waals surface area contributed by atoms with E-state index < -0.39 is 11.9 Å². The average molecular weight is 262 g/mol. The number of carbonyl (C=O) groups is 1. The van der Waals surface area contributed by atoms with Gasteiger partial charge in [-0.2, -0.15) is 0 Å². The summed E-state index contributed by atoms with van der Waals surface area (Å²) < 4.78 is 26.0. The van der Waals surface area contributed by atoms with Gasteiger partial charge < -0.3 is 10.0 Å². The van der Waals surface area contributed by atoms with Crippen LogP contribution in [0.5, 0.6) is 0 Å². The van der Waals surface area contributed by atoms with E-state index in [0.29, 0.717) is 5.69 Å². The SMILES string of the molecule is O=C(O)c1ccc(N2CCC(F)(F)C2)cc1Cl. The van der Waals surface area contributed by atoms with Crippen molar-refractivity contribution in [1.82, 2.24) is 0 Å². The second kappa shape index (κ2) is 4.14. The predicted molar refractivity (Wildman–Crippen MR) is 60.2 cm³/mol. The molecule has 0 amide bonds. The molecule has 0 bridgehead atoms.